The number of phenolic OH excluding ortho intramolecular Hbond substituents is 1. The first-order chi connectivity index (χ1) is 5.25. The van der Waals surface area contributed by atoms with Crippen LogP contribution in [0.25, 0.3) is 0 Å². The molecular formula is C8H8O2S. The molecule has 0 saturated heterocycles. The Bertz CT molecular complexity index is 285. The lowest BCUT2D eigenvalue weighted by Crippen LogP contribution is -1.95. The standard InChI is InChI=1S/C8H8O2S/c9-8-2-1-6-4-11(10)5-7(6)3-8/h1-3,9H,4-5H2. The summed E-state index contributed by atoms with van der Waals surface area (Å²) < 4.78 is 11.0. The molecule has 0 aliphatic carbocycles. The van der Waals surface area contributed by atoms with E-state index in [1.165, 1.54) is 0 Å². The van der Waals surface area contributed by atoms with Gasteiger partial charge in [0.2, 0.25) is 0 Å². The second-order valence-corrected chi connectivity index (χ2v) is 4.14. The average molecular weight is 168 g/mol. The van der Waals surface area contributed by atoms with Gasteiger partial charge in [-0.2, -0.15) is 0 Å². The number of hydrogen-bond donors (Lipinski definition) is 1. The molecule has 0 aromatic heterocycles. The van der Waals surface area contributed by atoms with Crippen molar-refractivity contribution >= 4 is 11.2 Å². The highest BCUT2D eigenvalue weighted by Crippen LogP contribution is 2.27. The van der Waals surface area contributed by atoms with Crippen LogP contribution in [0.2, 0.25) is 0 Å². The van der Waals surface area contributed by atoms with Gasteiger partial charge in [0.25, 0.3) is 0 Å². The van der Waals surface area contributed by atoms with Crippen LogP contribution in [0.3, 0.4) is 0 Å². The summed E-state index contributed by atoms with van der Waals surface area (Å²) in [6.07, 6.45) is 0. The molecule has 1 aliphatic heterocycles. The van der Waals surface area contributed by atoms with Crippen molar-refractivity contribution in [3.05, 3.63) is 29.3 Å². The van der Waals surface area contributed by atoms with E-state index in [4.69, 9.17) is 5.11 Å². The van der Waals surface area contributed by atoms with Gasteiger partial charge in [-0.1, -0.05) is 6.07 Å². The lowest BCUT2D eigenvalue weighted by atomic mass is 10.1. The van der Waals surface area contributed by atoms with Crippen LogP contribution in [0.5, 0.6) is 5.75 Å². The van der Waals surface area contributed by atoms with Gasteiger partial charge in [0.1, 0.15) is 17.3 Å². The number of fused-ring (bicyclic) bond motifs is 1. The number of rotatable bonds is 0. The third-order valence-electron chi connectivity index (χ3n) is 1.82. The summed E-state index contributed by atoms with van der Waals surface area (Å²) >= 11 is -0.739. The molecule has 1 heterocycles. The Balaban J connectivity index is 2.43. The number of hydrogen-bond acceptors (Lipinski definition) is 2. The Labute approximate surface area is 68.0 Å². The molecule has 0 fully saturated rings. The maximum atomic E-state index is 11.0. The maximum Gasteiger partial charge on any atom is 0.131 e. The van der Waals surface area contributed by atoms with E-state index in [1.54, 1.807) is 12.1 Å². The van der Waals surface area contributed by atoms with E-state index in [0.29, 0.717) is 11.5 Å². The molecule has 0 bridgehead atoms. The molecule has 11 heavy (non-hydrogen) atoms. The van der Waals surface area contributed by atoms with Gasteiger partial charge in [0.05, 0.1) is 0 Å². The molecule has 1 aliphatic rings. The average Bonchev–Trinajstić information content (AvgIpc) is 2.27. The van der Waals surface area contributed by atoms with Crippen molar-refractivity contribution in [2.75, 3.05) is 0 Å². The summed E-state index contributed by atoms with van der Waals surface area (Å²) in [5.74, 6) is 1.52. The van der Waals surface area contributed by atoms with Gasteiger partial charge < -0.3 is 9.66 Å². The van der Waals surface area contributed by atoms with E-state index in [0.717, 1.165) is 11.1 Å². The lowest BCUT2D eigenvalue weighted by Gasteiger charge is -1.97. The molecule has 2 nitrogen and oxygen atoms in total. The van der Waals surface area contributed by atoms with Crippen molar-refractivity contribution in [3.8, 4) is 5.75 Å². The molecule has 1 atom stereocenters. The summed E-state index contributed by atoms with van der Waals surface area (Å²) in [7, 11) is 0. The largest absolute Gasteiger partial charge is 0.616 e. The zero-order valence-electron chi connectivity index (χ0n) is 5.91. The SMILES string of the molecule is [O-][S+]1Cc2ccc(O)cc2C1. The Hall–Kier alpha value is -0.670. The Morgan fingerprint density at radius 3 is 2.82 bits per heavy atom. The van der Waals surface area contributed by atoms with Gasteiger partial charge in [-0.25, -0.2) is 0 Å². The molecule has 0 spiro atoms. The van der Waals surface area contributed by atoms with Crippen molar-refractivity contribution in [1.29, 1.82) is 0 Å². The van der Waals surface area contributed by atoms with Crippen LogP contribution in [-0.4, -0.2) is 9.66 Å². The molecule has 1 aromatic carbocycles. The van der Waals surface area contributed by atoms with Crippen LogP contribution in [0.4, 0.5) is 0 Å². The summed E-state index contributed by atoms with van der Waals surface area (Å²) in [5, 5.41) is 9.08. The van der Waals surface area contributed by atoms with Gasteiger partial charge in [0, 0.05) is 11.1 Å². The van der Waals surface area contributed by atoms with Crippen LogP contribution < -0.4 is 0 Å². The van der Waals surface area contributed by atoms with E-state index in [-0.39, 0.29) is 5.75 Å². The summed E-state index contributed by atoms with van der Waals surface area (Å²) in [4.78, 5) is 0. The Morgan fingerprint density at radius 2 is 2.00 bits per heavy atom. The fraction of sp³-hybridized carbons (Fsp3) is 0.250. The molecular weight excluding hydrogens is 160 g/mol. The van der Waals surface area contributed by atoms with E-state index >= 15 is 0 Å². The highest BCUT2D eigenvalue weighted by molar-refractivity contribution is 7.90. The van der Waals surface area contributed by atoms with Gasteiger partial charge in [-0.3, -0.25) is 0 Å². The van der Waals surface area contributed by atoms with Crippen molar-refractivity contribution < 1.29 is 9.66 Å². The first-order valence-electron chi connectivity index (χ1n) is 3.41. The predicted molar refractivity (Wildman–Crippen MR) is 43.7 cm³/mol. The van der Waals surface area contributed by atoms with Crippen LogP contribution in [0.15, 0.2) is 18.2 Å². The monoisotopic (exact) mass is 168 g/mol. The topological polar surface area (TPSA) is 43.3 Å². The highest BCUT2D eigenvalue weighted by atomic mass is 32.2. The number of phenols is 1. The van der Waals surface area contributed by atoms with E-state index in [2.05, 4.69) is 0 Å². The minimum absolute atomic E-state index is 0.266. The molecule has 0 radical (unpaired) electrons. The highest BCUT2D eigenvalue weighted by Gasteiger charge is 2.21. The lowest BCUT2D eigenvalue weighted by molar-refractivity contribution is 0.474. The molecule has 1 aromatic rings. The fourth-order valence-electron chi connectivity index (χ4n) is 1.29. The smallest absolute Gasteiger partial charge is 0.131 e. The summed E-state index contributed by atoms with van der Waals surface area (Å²) in [6, 6.07) is 5.18. The van der Waals surface area contributed by atoms with Crippen LogP contribution >= 0.6 is 0 Å². The zero-order valence-corrected chi connectivity index (χ0v) is 6.73. The van der Waals surface area contributed by atoms with E-state index in [1.807, 2.05) is 6.07 Å². The van der Waals surface area contributed by atoms with Gasteiger partial charge in [-0.05, 0) is 23.3 Å². The molecule has 58 valence electrons. The van der Waals surface area contributed by atoms with Gasteiger partial charge >= 0.3 is 0 Å². The number of benzene rings is 1. The van der Waals surface area contributed by atoms with Crippen molar-refractivity contribution in [2.45, 2.75) is 11.5 Å². The number of aromatic hydroxyl groups is 1. The van der Waals surface area contributed by atoms with Crippen molar-refractivity contribution in [3.63, 3.8) is 0 Å². The van der Waals surface area contributed by atoms with E-state index in [9.17, 15) is 4.55 Å². The quantitative estimate of drug-likeness (QED) is 0.590. The second kappa shape index (κ2) is 2.43. The molecule has 1 N–H and O–H groups in total. The predicted octanol–water partition coefficient (Wildman–Crippen LogP) is 1.15. The normalized spacial score (nSPS) is 21.7. The molecule has 0 amide bonds. The van der Waals surface area contributed by atoms with Crippen LogP contribution in [0.1, 0.15) is 11.1 Å². The van der Waals surface area contributed by atoms with Crippen LogP contribution in [0, 0.1) is 0 Å². The molecule has 2 rings (SSSR count). The van der Waals surface area contributed by atoms with Gasteiger partial charge in [-0.15, -0.1) is 0 Å². The fourth-order valence-corrected chi connectivity index (χ4v) is 2.63. The zero-order chi connectivity index (χ0) is 7.84. The first-order valence-corrected chi connectivity index (χ1v) is 4.90. The summed E-state index contributed by atoms with van der Waals surface area (Å²) in [5.41, 5.74) is 2.14. The molecule has 1 unspecified atom stereocenters. The third kappa shape index (κ3) is 1.21. The summed E-state index contributed by atoms with van der Waals surface area (Å²) in [6.45, 7) is 0. The third-order valence-corrected chi connectivity index (χ3v) is 3.09. The van der Waals surface area contributed by atoms with Crippen molar-refractivity contribution in [1.82, 2.24) is 0 Å². The first kappa shape index (κ1) is 7.00. The van der Waals surface area contributed by atoms with E-state index < -0.39 is 11.2 Å². The maximum absolute atomic E-state index is 11.0. The van der Waals surface area contributed by atoms with Crippen molar-refractivity contribution in [2.24, 2.45) is 0 Å². The Kier molecular flexibility index (Phi) is 1.55. The molecule has 0 saturated carbocycles. The second-order valence-electron chi connectivity index (χ2n) is 2.68. The minimum Gasteiger partial charge on any atom is -0.616 e. The van der Waals surface area contributed by atoms with Crippen LogP contribution in [-0.2, 0) is 22.7 Å². The van der Waals surface area contributed by atoms with Gasteiger partial charge in [0.15, 0.2) is 0 Å². The molecule has 3 heteroatoms. The Morgan fingerprint density at radius 1 is 1.27 bits per heavy atom. The minimum atomic E-state index is -0.739.